The third-order valence-electron chi connectivity index (χ3n) is 5.24. The Morgan fingerprint density at radius 1 is 1.03 bits per heavy atom. The van der Waals surface area contributed by atoms with Crippen LogP contribution in [-0.2, 0) is 38.1 Å². The molecule has 8 heteroatoms. The zero-order chi connectivity index (χ0) is 23.2. The second-order valence-corrected chi connectivity index (χ2v) is 7.55. The van der Waals surface area contributed by atoms with Gasteiger partial charge >= 0.3 is 17.9 Å². The number of carbonyl (C=O) groups is 3. The fourth-order valence-corrected chi connectivity index (χ4v) is 3.57. The summed E-state index contributed by atoms with van der Waals surface area (Å²) >= 11 is 0. The summed E-state index contributed by atoms with van der Waals surface area (Å²) in [5.41, 5.74) is 0. The first-order chi connectivity index (χ1) is 14.9. The van der Waals surface area contributed by atoms with Gasteiger partial charge in [0.25, 0.3) is 0 Å². The Labute approximate surface area is 185 Å². The van der Waals surface area contributed by atoms with Crippen molar-refractivity contribution in [3.8, 4) is 0 Å². The molecule has 0 spiro atoms. The molecule has 0 amide bonds. The first-order valence-electron chi connectivity index (χ1n) is 11.3. The van der Waals surface area contributed by atoms with Gasteiger partial charge in [0, 0.05) is 18.9 Å². The van der Waals surface area contributed by atoms with E-state index in [0.29, 0.717) is 6.61 Å². The third kappa shape index (κ3) is 9.39. The molecule has 0 aromatic carbocycles. The summed E-state index contributed by atoms with van der Waals surface area (Å²) in [5, 5.41) is 0. The summed E-state index contributed by atoms with van der Waals surface area (Å²) < 4.78 is 27.3. The molecule has 0 aromatic heterocycles. The SMILES string of the molecule is C=C[C@@H](C)[C@@H](CC(CC(=O)OCC)C(C(=O)OCC)C(=O)OCC)OC1CCCCO1. The van der Waals surface area contributed by atoms with Gasteiger partial charge in [-0.25, -0.2) is 0 Å². The lowest BCUT2D eigenvalue weighted by Gasteiger charge is -2.33. The normalized spacial score (nSPS) is 19.2. The largest absolute Gasteiger partial charge is 0.466 e. The van der Waals surface area contributed by atoms with E-state index < -0.39 is 35.8 Å². The Morgan fingerprint density at radius 2 is 1.65 bits per heavy atom. The molecule has 0 bridgehead atoms. The van der Waals surface area contributed by atoms with Gasteiger partial charge in [0.1, 0.15) is 0 Å². The minimum Gasteiger partial charge on any atom is -0.466 e. The Bertz CT molecular complexity index is 552. The summed E-state index contributed by atoms with van der Waals surface area (Å²) in [6, 6.07) is 0. The van der Waals surface area contributed by atoms with E-state index in [1.807, 2.05) is 6.92 Å². The molecule has 0 aliphatic carbocycles. The van der Waals surface area contributed by atoms with Crippen molar-refractivity contribution in [3.63, 3.8) is 0 Å². The van der Waals surface area contributed by atoms with Crippen LogP contribution in [-0.4, -0.2) is 56.7 Å². The van der Waals surface area contributed by atoms with E-state index in [-0.39, 0.29) is 44.9 Å². The van der Waals surface area contributed by atoms with Crippen LogP contribution in [0, 0.1) is 17.8 Å². The van der Waals surface area contributed by atoms with Crippen molar-refractivity contribution in [1.82, 2.24) is 0 Å². The first-order valence-corrected chi connectivity index (χ1v) is 11.3. The maximum Gasteiger partial charge on any atom is 0.320 e. The van der Waals surface area contributed by atoms with E-state index in [4.69, 9.17) is 23.7 Å². The summed E-state index contributed by atoms with van der Waals surface area (Å²) in [6.45, 7) is 11.9. The highest BCUT2D eigenvalue weighted by Gasteiger charge is 2.41. The van der Waals surface area contributed by atoms with Crippen molar-refractivity contribution in [1.29, 1.82) is 0 Å². The van der Waals surface area contributed by atoms with Crippen LogP contribution in [0.4, 0.5) is 0 Å². The molecule has 1 aliphatic rings. The van der Waals surface area contributed by atoms with Crippen LogP contribution in [0.3, 0.4) is 0 Å². The minimum atomic E-state index is -1.25. The van der Waals surface area contributed by atoms with Gasteiger partial charge in [-0.15, -0.1) is 6.58 Å². The summed E-state index contributed by atoms with van der Waals surface area (Å²) in [5.74, 6) is -3.98. The minimum absolute atomic E-state index is 0.0970. The van der Waals surface area contributed by atoms with Gasteiger partial charge in [-0.3, -0.25) is 14.4 Å². The van der Waals surface area contributed by atoms with Crippen LogP contribution < -0.4 is 0 Å². The molecule has 31 heavy (non-hydrogen) atoms. The molecule has 1 heterocycles. The van der Waals surface area contributed by atoms with Gasteiger partial charge in [0.2, 0.25) is 0 Å². The zero-order valence-corrected chi connectivity index (χ0v) is 19.3. The second kappa shape index (κ2) is 15.0. The van der Waals surface area contributed by atoms with Crippen LogP contribution in [0.2, 0.25) is 0 Å². The van der Waals surface area contributed by atoms with Crippen LogP contribution >= 0.6 is 0 Å². The highest BCUT2D eigenvalue weighted by Crippen LogP contribution is 2.31. The average Bonchev–Trinajstić information content (AvgIpc) is 2.74. The first kappa shape index (κ1) is 27.1. The quantitative estimate of drug-likeness (QED) is 0.175. The Hall–Kier alpha value is -1.93. The fourth-order valence-electron chi connectivity index (χ4n) is 3.57. The molecule has 8 nitrogen and oxygen atoms in total. The van der Waals surface area contributed by atoms with E-state index in [0.717, 1.165) is 19.3 Å². The lowest BCUT2D eigenvalue weighted by Crippen LogP contribution is -2.40. The molecule has 0 N–H and O–H groups in total. The molecule has 2 unspecified atom stereocenters. The average molecular weight is 443 g/mol. The van der Waals surface area contributed by atoms with Gasteiger partial charge in [-0.05, 0) is 52.4 Å². The maximum absolute atomic E-state index is 12.7. The summed E-state index contributed by atoms with van der Waals surface area (Å²) in [6.07, 6.45) is 3.83. The Balaban J connectivity index is 3.16. The molecular weight excluding hydrogens is 404 g/mol. The highest BCUT2D eigenvalue weighted by molar-refractivity contribution is 5.95. The molecule has 1 saturated heterocycles. The van der Waals surface area contributed by atoms with Crippen molar-refractivity contribution in [2.24, 2.45) is 17.8 Å². The van der Waals surface area contributed by atoms with E-state index in [2.05, 4.69) is 6.58 Å². The lowest BCUT2D eigenvalue weighted by atomic mass is 9.82. The van der Waals surface area contributed by atoms with E-state index in [1.54, 1.807) is 26.8 Å². The number of rotatable bonds is 14. The van der Waals surface area contributed by atoms with Crippen molar-refractivity contribution in [2.45, 2.75) is 72.2 Å². The topological polar surface area (TPSA) is 97.4 Å². The molecule has 0 radical (unpaired) electrons. The van der Waals surface area contributed by atoms with E-state index in [9.17, 15) is 14.4 Å². The van der Waals surface area contributed by atoms with Crippen LogP contribution in [0.1, 0.15) is 59.8 Å². The van der Waals surface area contributed by atoms with Crippen molar-refractivity contribution in [2.75, 3.05) is 26.4 Å². The molecule has 1 fully saturated rings. The van der Waals surface area contributed by atoms with Crippen LogP contribution in [0.15, 0.2) is 12.7 Å². The van der Waals surface area contributed by atoms with E-state index >= 15 is 0 Å². The predicted octanol–water partition coefficient (Wildman–Crippen LogP) is 3.42. The molecule has 4 atom stereocenters. The van der Waals surface area contributed by atoms with Crippen molar-refractivity contribution < 1.29 is 38.1 Å². The van der Waals surface area contributed by atoms with Gasteiger partial charge in [-0.2, -0.15) is 0 Å². The highest BCUT2D eigenvalue weighted by atomic mass is 16.7. The molecule has 0 saturated carbocycles. The van der Waals surface area contributed by atoms with Gasteiger partial charge < -0.3 is 23.7 Å². The van der Waals surface area contributed by atoms with E-state index in [1.165, 1.54) is 0 Å². The Morgan fingerprint density at radius 3 is 2.13 bits per heavy atom. The Kier molecular flexibility index (Phi) is 13.1. The number of hydrogen-bond acceptors (Lipinski definition) is 8. The van der Waals surface area contributed by atoms with Crippen molar-refractivity contribution >= 4 is 17.9 Å². The smallest absolute Gasteiger partial charge is 0.320 e. The van der Waals surface area contributed by atoms with Gasteiger partial charge in [0.05, 0.1) is 25.9 Å². The standard InChI is InChI=1S/C23H38O8/c1-6-16(5)18(31-20-12-10-11-13-30-20)14-17(15-19(24)27-7-2)21(22(25)28-8-3)23(26)29-9-4/h6,16-18,20-21H,1,7-15H2,2-5H3/t16-,17?,18-,20?/m1/s1. The summed E-state index contributed by atoms with van der Waals surface area (Å²) in [4.78, 5) is 37.7. The molecule has 1 rings (SSSR count). The molecule has 1 aliphatic heterocycles. The summed E-state index contributed by atoms with van der Waals surface area (Å²) in [7, 11) is 0. The maximum atomic E-state index is 12.7. The molecule has 178 valence electrons. The van der Waals surface area contributed by atoms with Crippen LogP contribution in [0.5, 0.6) is 0 Å². The zero-order valence-electron chi connectivity index (χ0n) is 19.3. The lowest BCUT2D eigenvalue weighted by molar-refractivity contribution is -0.199. The molecular formula is C23H38O8. The monoisotopic (exact) mass is 442 g/mol. The number of esters is 3. The second-order valence-electron chi connectivity index (χ2n) is 7.55. The van der Waals surface area contributed by atoms with Crippen molar-refractivity contribution in [3.05, 3.63) is 12.7 Å². The fraction of sp³-hybridized carbons (Fsp3) is 0.783. The molecule has 0 aromatic rings. The van der Waals surface area contributed by atoms with Gasteiger partial charge in [-0.1, -0.05) is 13.0 Å². The predicted molar refractivity (Wildman–Crippen MR) is 114 cm³/mol. The van der Waals surface area contributed by atoms with Crippen LogP contribution in [0.25, 0.3) is 0 Å². The number of hydrogen-bond donors (Lipinski definition) is 0. The number of carbonyl (C=O) groups excluding carboxylic acids is 3. The van der Waals surface area contributed by atoms with Gasteiger partial charge in [0.15, 0.2) is 12.2 Å². The third-order valence-corrected chi connectivity index (χ3v) is 5.24. The number of ether oxygens (including phenoxy) is 5.